The number of ether oxygens (including phenoxy) is 1. The molecular formula is C19H13FN4OS. The molecule has 0 saturated heterocycles. The zero-order valence-corrected chi connectivity index (χ0v) is 14.6. The maximum atomic E-state index is 13.9. The highest BCUT2D eigenvalue weighted by atomic mass is 32.2. The van der Waals surface area contributed by atoms with Crippen molar-refractivity contribution in [3.8, 4) is 28.3 Å². The van der Waals surface area contributed by atoms with Gasteiger partial charge in [-0.2, -0.15) is 14.6 Å². The SMILES string of the molecule is COc1ccc(-c2c3c(nc4ncnn24)-c2cc(F)ccc2SC3)cc1. The summed E-state index contributed by atoms with van der Waals surface area (Å²) in [7, 11) is 1.64. The van der Waals surface area contributed by atoms with Crippen LogP contribution < -0.4 is 4.74 Å². The maximum Gasteiger partial charge on any atom is 0.253 e. The van der Waals surface area contributed by atoms with Gasteiger partial charge >= 0.3 is 0 Å². The minimum Gasteiger partial charge on any atom is -0.497 e. The molecule has 0 amide bonds. The summed E-state index contributed by atoms with van der Waals surface area (Å²) in [6.07, 6.45) is 1.49. The van der Waals surface area contributed by atoms with Crippen molar-refractivity contribution < 1.29 is 9.13 Å². The van der Waals surface area contributed by atoms with Gasteiger partial charge in [-0.1, -0.05) is 0 Å². The highest BCUT2D eigenvalue weighted by molar-refractivity contribution is 7.98. The first-order valence-corrected chi connectivity index (χ1v) is 9.03. The Bertz CT molecular complexity index is 1140. The number of fused-ring (bicyclic) bond motifs is 4. The number of thioether (sulfide) groups is 1. The van der Waals surface area contributed by atoms with Gasteiger partial charge in [0.15, 0.2) is 0 Å². The van der Waals surface area contributed by atoms with Gasteiger partial charge in [-0.05, 0) is 42.5 Å². The Hall–Kier alpha value is -2.93. The van der Waals surface area contributed by atoms with Crippen LogP contribution >= 0.6 is 11.8 Å². The lowest BCUT2D eigenvalue weighted by atomic mass is 10.0. The largest absolute Gasteiger partial charge is 0.497 e. The van der Waals surface area contributed by atoms with Crippen LogP contribution in [0.15, 0.2) is 53.7 Å². The Morgan fingerprint density at radius 1 is 1.15 bits per heavy atom. The highest BCUT2D eigenvalue weighted by Gasteiger charge is 2.25. The van der Waals surface area contributed by atoms with Crippen molar-refractivity contribution in [2.24, 2.45) is 0 Å². The normalized spacial score (nSPS) is 12.7. The molecule has 0 fully saturated rings. The molecular weight excluding hydrogens is 351 g/mol. The van der Waals surface area contributed by atoms with Crippen molar-refractivity contribution in [1.82, 2.24) is 19.6 Å². The molecule has 0 N–H and O–H groups in total. The van der Waals surface area contributed by atoms with Crippen LogP contribution in [0, 0.1) is 5.82 Å². The first kappa shape index (κ1) is 15.3. The van der Waals surface area contributed by atoms with E-state index in [4.69, 9.17) is 4.74 Å². The van der Waals surface area contributed by atoms with Gasteiger partial charge in [0.1, 0.15) is 17.9 Å². The molecule has 4 aromatic rings. The summed E-state index contributed by atoms with van der Waals surface area (Å²) in [5.41, 5.74) is 4.50. The molecule has 0 spiro atoms. The van der Waals surface area contributed by atoms with E-state index in [1.165, 1.54) is 18.5 Å². The Balaban J connectivity index is 1.82. The summed E-state index contributed by atoms with van der Waals surface area (Å²) in [5.74, 6) is 1.74. The lowest BCUT2D eigenvalue weighted by Gasteiger charge is -2.21. The van der Waals surface area contributed by atoms with E-state index in [9.17, 15) is 4.39 Å². The van der Waals surface area contributed by atoms with E-state index in [0.29, 0.717) is 5.78 Å². The molecule has 26 heavy (non-hydrogen) atoms. The molecule has 0 bridgehead atoms. The van der Waals surface area contributed by atoms with E-state index in [0.717, 1.165) is 44.5 Å². The number of halogens is 1. The molecule has 7 heteroatoms. The summed E-state index contributed by atoms with van der Waals surface area (Å²) in [5, 5.41) is 4.35. The van der Waals surface area contributed by atoms with Gasteiger partial charge in [0, 0.05) is 27.3 Å². The number of nitrogens with zero attached hydrogens (tertiary/aromatic N) is 4. The first-order chi connectivity index (χ1) is 12.7. The Labute approximate surface area is 152 Å². The van der Waals surface area contributed by atoms with E-state index in [2.05, 4.69) is 15.1 Å². The Morgan fingerprint density at radius 2 is 2.00 bits per heavy atom. The minimum absolute atomic E-state index is 0.272. The molecule has 1 aliphatic rings. The number of methoxy groups -OCH3 is 1. The lowest BCUT2D eigenvalue weighted by Crippen LogP contribution is -2.08. The Morgan fingerprint density at radius 3 is 2.81 bits per heavy atom. The molecule has 0 atom stereocenters. The van der Waals surface area contributed by atoms with Crippen molar-refractivity contribution in [3.63, 3.8) is 0 Å². The molecule has 2 aromatic heterocycles. The van der Waals surface area contributed by atoms with Crippen molar-refractivity contribution in [2.75, 3.05) is 7.11 Å². The van der Waals surface area contributed by atoms with Crippen molar-refractivity contribution >= 4 is 17.5 Å². The second kappa shape index (κ2) is 5.81. The van der Waals surface area contributed by atoms with E-state index in [1.54, 1.807) is 29.5 Å². The number of hydrogen-bond acceptors (Lipinski definition) is 5. The van der Waals surface area contributed by atoms with E-state index >= 15 is 0 Å². The van der Waals surface area contributed by atoms with Crippen LogP contribution in [0.5, 0.6) is 5.75 Å². The zero-order chi connectivity index (χ0) is 17.7. The van der Waals surface area contributed by atoms with Gasteiger partial charge in [-0.15, -0.1) is 11.8 Å². The predicted octanol–water partition coefficient (Wildman–Crippen LogP) is 4.21. The molecule has 0 aliphatic carbocycles. The smallest absolute Gasteiger partial charge is 0.253 e. The van der Waals surface area contributed by atoms with Crippen molar-refractivity contribution in [2.45, 2.75) is 10.6 Å². The van der Waals surface area contributed by atoms with E-state index in [-0.39, 0.29) is 5.82 Å². The number of hydrogen-bond donors (Lipinski definition) is 0. The fourth-order valence-corrected chi connectivity index (χ4v) is 4.29. The second-order valence-electron chi connectivity index (χ2n) is 5.92. The van der Waals surface area contributed by atoms with Crippen LogP contribution in [0.25, 0.3) is 28.3 Å². The third kappa shape index (κ3) is 2.28. The van der Waals surface area contributed by atoms with Crippen LogP contribution in [0.1, 0.15) is 5.56 Å². The van der Waals surface area contributed by atoms with Crippen LogP contribution in [0.3, 0.4) is 0 Å². The molecule has 2 aromatic carbocycles. The quantitative estimate of drug-likeness (QED) is 0.533. The number of rotatable bonds is 2. The van der Waals surface area contributed by atoms with Gasteiger partial charge in [-0.3, -0.25) is 0 Å². The third-order valence-corrected chi connectivity index (χ3v) is 5.56. The van der Waals surface area contributed by atoms with E-state index in [1.807, 2.05) is 24.3 Å². The molecule has 5 nitrogen and oxygen atoms in total. The highest BCUT2D eigenvalue weighted by Crippen LogP contribution is 2.44. The minimum atomic E-state index is -0.272. The van der Waals surface area contributed by atoms with Crippen LogP contribution in [0.2, 0.25) is 0 Å². The van der Waals surface area contributed by atoms with Gasteiger partial charge in [0.05, 0.1) is 18.5 Å². The summed E-state index contributed by atoms with van der Waals surface area (Å²) in [6.45, 7) is 0. The number of aromatic nitrogens is 4. The van der Waals surface area contributed by atoms with Gasteiger partial charge < -0.3 is 4.74 Å². The molecule has 0 radical (unpaired) electrons. The molecule has 0 saturated carbocycles. The topological polar surface area (TPSA) is 52.3 Å². The fourth-order valence-electron chi connectivity index (χ4n) is 3.24. The summed E-state index contributed by atoms with van der Waals surface area (Å²) in [4.78, 5) is 9.94. The standard InChI is InChI=1S/C19H13FN4OS/c1-25-13-5-2-11(3-6-13)18-15-9-26-16-7-4-12(20)8-14(16)17(15)23-19-21-10-22-24(18)19/h2-8,10H,9H2,1H3. The predicted molar refractivity (Wildman–Crippen MR) is 97.7 cm³/mol. The number of benzene rings is 2. The van der Waals surface area contributed by atoms with Crippen molar-refractivity contribution in [1.29, 1.82) is 0 Å². The van der Waals surface area contributed by atoms with Gasteiger partial charge in [0.25, 0.3) is 5.78 Å². The van der Waals surface area contributed by atoms with Gasteiger partial charge in [-0.25, -0.2) is 9.37 Å². The average Bonchev–Trinajstić information content (AvgIpc) is 3.14. The third-order valence-electron chi connectivity index (χ3n) is 4.46. The summed E-state index contributed by atoms with van der Waals surface area (Å²) >= 11 is 1.67. The van der Waals surface area contributed by atoms with Crippen LogP contribution in [-0.4, -0.2) is 26.7 Å². The molecule has 0 unspecified atom stereocenters. The summed E-state index contributed by atoms with van der Waals surface area (Å²) in [6, 6.07) is 12.6. The summed E-state index contributed by atoms with van der Waals surface area (Å²) < 4.78 is 20.9. The van der Waals surface area contributed by atoms with Crippen molar-refractivity contribution in [3.05, 3.63) is 60.2 Å². The second-order valence-corrected chi connectivity index (χ2v) is 6.93. The van der Waals surface area contributed by atoms with Gasteiger partial charge in [0.2, 0.25) is 0 Å². The molecule has 5 rings (SSSR count). The Kier molecular flexibility index (Phi) is 3.43. The molecule has 1 aliphatic heterocycles. The first-order valence-electron chi connectivity index (χ1n) is 8.04. The maximum absolute atomic E-state index is 13.9. The average molecular weight is 364 g/mol. The monoisotopic (exact) mass is 364 g/mol. The fraction of sp³-hybridized carbons (Fsp3) is 0.105. The molecule has 3 heterocycles. The van der Waals surface area contributed by atoms with Crippen LogP contribution in [0.4, 0.5) is 4.39 Å². The van der Waals surface area contributed by atoms with E-state index < -0.39 is 0 Å². The molecule has 128 valence electrons. The van der Waals surface area contributed by atoms with Crippen LogP contribution in [-0.2, 0) is 5.75 Å². The lowest BCUT2D eigenvalue weighted by molar-refractivity contribution is 0.415. The zero-order valence-electron chi connectivity index (χ0n) is 13.8.